The zero-order chi connectivity index (χ0) is 13.8. The van der Waals surface area contributed by atoms with Gasteiger partial charge in [0.05, 0.1) is 10.7 Å². The lowest BCUT2D eigenvalue weighted by atomic mass is 9.97. The summed E-state index contributed by atoms with van der Waals surface area (Å²) in [4.78, 5) is 18.4. The Morgan fingerprint density at radius 1 is 1.53 bits per heavy atom. The summed E-state index contributed by atoms with van der Waals surface area (Å²) in [5, 5.41) is 6.29. The Balaban J connectivity index is 1.90. The Labute approximate surface area is 119 Å². The molecule has 0 atom stereocenters. The van der Waals surface area contributed by atoms with Crippen molar-refractivity contribution in [2.24, 2.45) is 0 Å². The average Bonchev–Trinajstić information content (AvgIpc) is 2.89. The predicted molar refractivity (Wildman–Crippen MR) is 78.8 cm³/mol. The lowest BCUT2D eigenvalue weighted by Crippen LogP contribution is -2.44. The zero-order valence-electron chi connectivity index (χ0n) is 12.0. The van der Waals surface area contributed by atoms with E-state index in [-0.39, 0.29) is 6.03 Å². The SMILES string of the molecule is CCNC(=O)N1CCC(c2nc(C(C)C)cs2)CC1. The van der Waals surface area contributed by atoms with E-state index in [1.165, 1.54) is 10.7 Å². The highest BCUT2D eigenvalue weighted by atomic mass is 32.1. The molecule has 4 nitrogen and oxygen atoms in total. The van der Waals surface area contributed by atoms with Crippen LogP contribution in [0.15, 0.2) is 5.38 Å². The summed E-state index contributed by atoms with van der Waals surface area (Å²) in [7, 11) is 0. The lowest BCUT2D eigenvalue weighted by molar-refractivity contribution is 0.182. The zero-order valence-corrected chi connectivity index (χ0v) is 12.8. The second-order valence-corrected chi connectivity index (χ2v) is 6.25. The number of thiazole rings is 1. The number of hydrogen-bond acceptors (Lipinski definition) is 3. The minimum absolute atomic E-state index is 0.0722. The van der Waals surface area contributed by atoms with Crippen LogP contribution in [0.1, 0.15) is 56.2 Å². The summed E-state index contributed by atoms with van der Waals surface area (Å²) < 4.78 is 0. The number of aromatic nitrogens is 1. The van der Waals surface area contributed by atoms with Gasteiger partial charge in [0.15, 0.2) is 0 Å². The van der Waals surface area contributed by atoms with Crippen molar-refractivity contribution < 1.29 is 4.79 Å². The van der Waals surface area contributed by atoms with Crippen molar-refractivity contribution in [3.8, 4) is 0 Å². The van der Waals surface area contributed by atoms with Gasteiger partial charge in [-0.1, -0.05) is 13.8 Å². The molecule has 1 fully saturated rings. The number of carbonyl (C=O) groups excluding carboxylic acids is 1. The molecule has 1 aromatic heterocycles. The number of nitrogens with one attached hydrogen (secondary N) is 1. The minimum atomic E-state index is 0.0722. The van der Waals surface area contributed by atoms with E-state index in [1.54, 1.807) is 11.3 Å². The number of piperidine rings is 1. The third kappa shape index (κ3) is 3.47. The highest BCUT2D eigenvalue weighted by molar-refractivity contribution is 7.09. The Bertz CT molecular complexity index is 422. The van der Waals surface area contributed by atoms with Crippen LogP contribution in [0.4, 0.5) is 4.79 Å². The quantitative estimate of drug-likeness (QED) is 0.925. The van der Waals surface area contributed by atoms with Gasteiger partial charge in [0.25, 0.3) is 0 Å². The van der Waals surface area contributed by atoms with Crippen molar-refractivity contribution in [2.45, 2.75) is 45.4 Å². The first-order valence-electron chi connectivity index (χ1n) is 7.10. The maximum atomic E-state index is 11.7. The predicted octanol–water partition coefficient (Wildman–Crippen LogP) is 3.18. The molecule has 2 amide bonds. The fraction of sp³-hybridized carbons (Fsp3) is 0.714. The fourth-order valence-electron chi connectivity index (χ4n) is 2.35. The van der Waals surface area contributed by atoms with Crippen molar-refractivity contribution in [1.82, 2.24) is 15.2 Å². The Hall–Kier alpha value is -1.10. The number of carbonyl (C=O) groups is 1. The van der Waals surface area contributed by atoms with Crippen LogP contribution in [0.25, 0.3) is 0 Å². The molecule has 19 heavy (non-hydrogen) atoms. The molecule has 2 rings (SSSR count). The van der Waals surface area contributed by atoms with Crippen LogP contribution in [0.3, 0.4) is 0 Å². The smallest absolute Gasteiger partial charge is 0.317 e. The van der Waals surface area contributed by atoms with Crippen LogP contribution in [0.5, 0.6) is 0 Å². The van der Waals surface area contributed by atoms with Crippen LogP contribution in [0, 0.1) is 0 Å². The Morgan fingerprint density at radius 2 is 2.21 bits per heavy atom. The second kappa shape index (κ2) is 6.37. The van der Waals surface area contributed by atoms with Gasteiger partial charge in [0.1, 0.15) is 0 Å². The molecule has 0 spiro atoms. The third-order valence-corrected chi connectivity index (χ3v) is 4.62. The van der Waals surface area contributed by atoms with Crippen molar-refractivity contribution in [2.75, 3.05) is 19.6 Å². The topological polar surface area (TPSA) is 45.2 Å². The van der Waals surface area contributed by atoms with E-state index in [9.17, 15) is 4.79 Å². The van der Waals surface area contributed by atoms with Gasteiger partial charge in [0, 0.05) is 30.9 Å². The maximum absolute atomic E-state index is 11.7. The Morgan fingerprint density at radius 3 is 2.74 bits per heavy atom. The molecule has 0 aliphatic carbocycles. The first kappa shape index (κ1) is 14.3. The van der Waals surface area contributed by atoms with E-state index in [1.807, 2.05) is 11.8 Å². The van der Waals surface area contributed by atoms with Crippen LogP contribution in [-0.4, -0.2) is 35.5 Å². The van der Waals surface area contributed by atoms with Crippen molar-refractivity contribution in [3.05, 3.63) is 16.1 Å². The van der Waals surface area contributed by atoms with E-state index < -0.39 is 0 Å². The molecule has 1 aromatic rings. The van der Waals surface area contributed by atoms with E-state index >= 15 is 0 Å². The molecule has 0 bridgehead atoms. The molecule has 5 heteroatoms. The molecule has 1 saturated heterocycles. The number of urea groups is 1. The molecule has 2 heterocycles. The van der Waals surface area contributed by atoms with Gasteiger partial charge in [0.2, 0.25) is 0 Å². The van der Waals surface area contributed by atoms with Crippen molar-refractivity contribution in [3.63, 3.8) is 0 Å². The highest BCUT2D eigenvalue weighted by Crippen LogP contribution is 2.31. The summed E-state index contributed by atoms with van der Waals surface area (Å²) >= 11 is 1.77. The van der Waals surface area contributed by atoms with Crippen molar-refractivity contribution in [1.29, 1.82) is 0 Å². The van der Waals surface area contributed by atoms with Crippen molar-refractivity contribution >= 4 is 17.4 Å². The molecule has 0 radical (unpaired) electrons. The van der Waals surface area contributed by atoms with Gasteiger partial charge in [-0.25, -0.2) is 9.78 Å². The number of nitrogens with zero attached hydrogens (tertiary/aromatic N) is 2. The van der Waals surface area contributed by atoms with Gasteiger partial charge in [-0.05, 0) is 25.7 Å². The summed E-state index contributed by atoms with van der Waals surface area (Å²) in [5.74, 6) is 1.03. The van der Waals surface area contributed by atoms with Crippen LogP contribution in [0.2, 0.25) is 0 Å². The second-order valence-electron chi connectivity index (χ2n) is 5.36. The van der Waals surface area contributed by atoms with Gasteiger partial charge in [-0.2, -0.15) is 0 Å². The van der Waals surface area contributed by atoms with E-state index in [0.717, 1.165) is 25.9 Å². The highest BCUT2D eigenvalue weighted by Gasteiger charge is 2.25. The van der Waals surface area contributed by atoms with Gasteiger partial charge in [-0.15, -0.1) is 11.3 Å². The molecular formula is C14H23N3OS. The number of hydrogen-bond donors (Lipinski definition) is 1. The third-order valence-electron chi connectivity index (χ3n) is 3.59. The standard InChI is InChI=1S/C14H23N3OS/c1-4-15-14(18)17-7-5-11(6-8-17)13-16-12(9-19-13)10(2)3/h9-11H,4-8H2,1-3H3,(H,15,18). The fourth-order valence-corrected chi connectivity index (χ4v) is 3.50. The monoisotopic (exact) mass is 281 g/mol. The summed E-state index contributed by atoms with van der Waals surface area (Å²) in [6, 6.07) is 0.0722. The first-order chi connectivity index (χ1) is 9.11. The largest absolute Gasteiger partial charge is 0.338 e. The van der Waals surface area contributed by atoms with Crippen LogP contribution < -0.4 is 5.32 Å². The molecule has 1 N–H and O–H groups in total. The van der Waals surface area contributed by atoms with E-state index in [2.05, 4.69) is 24.5 Å². The van der Waals surface area contributed by atoms with E-state index in [0.29, 0.717) is 18.4 Å². The summed E-state index contributed by atoms with van der Waals surface area (Å²) in [6.45, 7) is 8.68. The lowest BCUT2D eigenvalue weighted by Gasteiger charge is -2.31. The number of likely N-dealkylation sites (tertiary alicyclic amines) is 1. The van der Waals surface area contributed by atoms with E-state index in [4.69, 9.17) is 4.98 Å². The average molecular weight is 281 g/mol. The molecule has 1 aliphatic rings. The van der Waals surface area contributed by atoms with Crippen LogP contribution >= 0.6 is 11.3 Å². The summed E-state index contributed by atoms with van der Waals surface area (Å²) in [6.07, 6.45) is 2.06. The normalized spacial score (nSPS) is 16.9. The summed E-state index contributed by atoms with van der Waals surface area (Å²) in [5.41, 5.74) is 1.20. The molecule has 0 unspecified atom stereocenters. The number of amides is 2. The first-order valence-corrected chi connectivity index (χ1v) is 7.97. The Kier molecular flexibility index (Phi) is 4.80. The molecule has 0 aromatic carbocycles. The minimum Gasteiger partial charge on any atom is -0.338 e. The number of rotatable bonds is 3. The van der Waals surface area contributed by atoms with Gasteiger partial charge in [-0.3, -0.25) is 0 Å². The maximum Gasteiger partial charge on any atom is 0.317 e. The van der Waals surface area contributed by atoms with Crippen LogP contribution in [-0.2, 0) is 0 Å². The van der Waals surface area contributed by atoms with Gasteiger partial charge < -0.3 is 10.2 Å². The molecule has 106 valence electrons. The molecular weight excluding hydrogens is 258 g/mol. The molecule has 1 aliphatic heterocycles. The van der Waals surface area contributed by atoms with Gasteiger partial charge >= 0.3 is 6.03 Å². The molecule has 0 saturated carbocycles.